The van der Waals surface area contributed by atoms with Gasteiger partial charge in [0.1, 0.15) is 0 Å². The first-order valence-electron chi connectivity index (χ1n) is 8.18. The largest absolute Gasteiger partial charge is 0.465 e. The molecule has 0 radical (unpaired) electrons. The van der Waals surface area contributed by atoms with Gasteiger partial charge in [-0.15, -0.1) is 0 Å². The van der Waals surface area contributed by atoms with Crippen LogP contribution in [-0.2, 0) is 4.74 Å². The number of nitriles is 1. The van der Waals surface area contributed by atoms with E-state index in [-0.39, 0.29) is 11.1 Å². The first kappa shape index (κ1) is 18.5. The number of hydrogen-bond acceptors (Lipinski definition) is 7. The van der Waals surface area contributed by atoms with Crippen molar-refractivity contribution in [3.63, 3.8) is 0 Å². The molecule has 0 bridgehead atoms. The number of nitrogens with one attached hydrogen (secondary N) is 2. The normalized spacial score (nSPS) is 9.86. The first-order valence-corrected chi connectivity index (χ1v) is 8.18. The second-order valence-electron chi connectivity index (χ2n) is 5.60. The van der Waals surface area contributed by atoms with Crippen LogP contribution in [0.2, 0.25) is 0 Å². The highest BCUT2D eigenvalue weighted by Gasteiger charge is 2.14. The van der Waals surface area contributed by atoms with E-state index in [2.05, 4.69) is 20.6 Å². The van der Waals surface area contributed by atoms with E-state index in [1.165, 1.54) is 19.5 Å². The molecule has 2 aromatic carbocycles. The van der Waals surface area contributed by atoms with Gasteiger partial charge in [-0.2, -0.15) is 5.26 Å². The third kappa shape index (κ3) is 4.28. The molecule has 0 fully saturated rings. The van der Waals surface area contributed by atoms with Gasteiger partial charge in [0.05, 0.1) is 35.6 Å². The summed E-state index contributed by atoms with van der Waals surface area (Å²) in [5.41, 5.74) is 2.07. The molecule has 0 saturated heterocycles. The van der Waals surface area contributed by atoms with Crippen molar-refractivity contribution in [1.82, 2.24) is 9.97 Å². The molecule has 0 atom stereocenters. The lowest BCUT2D eigenvalue weighted by Crippen LogP contribution is -2.16. The number of ether oxygens (including phenoxy) is 1. The topological polar surface area (TPSA) is 117 Å². The molecule has 28 heavy (non-hydrogen) atoms. The number of carbonyl (C=O) groups excluding carboxylic acids is 2. The van der Waals surface area contributed by atoms with Gasteiger partial charge in [-0.3, -0.25) is 4.79 Å². The molecule has 0 saturated carbocycles. The average Bonchev–Trinajstić information content (AvgIpc) is 2.74. The molecule has 1 amide bonds. The molecule has 0 spiro atoms. The molecule has 8 heteroatoms. The molecule has 8 nitrogen and oxygen atoms in total. The van der Waals surface area contributed by atoms with Crippen molar-refractivity contribution in [2.75, 3.05) is 17.7 Å². The molecule has 0 unspecified atom stereocenters. The second kappa shape index (κ2) is 8.42. The number of nitrogens with zero attached hydrogens (tertiary/aromatic N) is 3. The Labute approximate surface area is 160 Å². The zero-order chi connectivity index (χ0) is 19.9. The standard InChI is InChI=1S/C20H15N5O3/c1-28-19(27)16-4-2-3-5-17(16)25-18(26)14-11-22-20(23-12-14)24-15-8-6-13(10-21)7-9-15/h2-9,11-12H,1H3,(H,25,26)(H,22,23,24). The summed E-state index contributed by atoms with van der Waals surface area (Å²) < 4.78 is 4.71. The van der Waals surface area contributed by atoms with Crippen molar-refractivity contribution in [3.05, 3.63) is 77.6 Å². The summed E-state index contributed by atoms with van der Waals surface area (Å²) in [6, 6.07) is 15.4. The number of amides is 1. The molecule has 2 N–H and O–H groups in total. The van der Waals surface area contributed by atoms with E-state index in [9.17, 15) is 9.59 Å². The molecule has 0 aliphatic rings. The van der Waals surface area contributed by atoms with Crippen molar-refractivity contribution in [3.8, 4) is 6.07 Å². The quantitative estimate of drug-likeness (QED) is 0.660. The van der Waals surface area contributed by atoms with Gasteiger partial charge in [-0.05, 0) is 36.4 Å². The summed E-state index contributed by atoms with van der Waals surface area (Å²) in [6.07, 6.45) is 2.74. The Morgan fingerprint density at radius 1 is 1.04 bits per heavy atom. The van der Waals surface area contributed by atoms with E-state index < -0.39 is 11.9 Å². The number of para-hydroxylation sites is 1. The van der Waals surface area contributed by atoms with Crippen LogP contribution in [0.3, 0.4) is 0 Å². The van der Waals surface area contributed by atoms with Gasteiger partial charge in [0.25, 0.3) is 5.91 Å². The molecule has 138 valence electrons. The van der Waals surface area contributed by atoms with E-state index in [4.69, 9.17) is 10.00 Å². The highest BCUT2D eigenvalue weighted by molar-refractivity contribution is 6.07. The van der Waals surface area contributed by atoms with Crippen molar-refractivity contribution in [2.24, 2.45) is 0 Å². The van der Waals surface area contributed by atoms with Crippen LogP contribution in [0.5, 0.6) is 0 Å². The Hall–Kier alpha value is -4.25. The molecule has 0 aliphatic carbocycles. The fraction of sp³-hybridized carbons (Fsp3) is 0.0500. The first-order chi connectivity index (χ1) is 13.6. The smallest absolute Gasteiger partial charge is 0.339 e. The summed E-state index contributed by atoms with van der Waals surface area (Å²) in [5.74, 6) is -0.702. The Bertz CT molecular complexity index is 1040. The number of anilines is 3. The van der Waals surface area contributed by atoms with Gasteiger partial charge in [0.15, 0.2) is 0 Å². The van der Waals surface area contributed by atoms with E-state index in [0.717, 1.165) is 0 Å². The molecule has 3 aromatic rings. The van der Waals surface area contributed by atoms with Crippen LogP contribution in [0.25, 0.3) is 0 Å². The predicted molar refractivity (Wildman–Crippen MR) is 102 cm³/mol. The van der Waals surface area contributed by atoms with Crippen LogP contribution >= 0.6 is 0 Å². The van der Waals surface area contributed by atoms with E-state index >= 15 is 0 Å². The van der Waals surface area contributed by atoms with Gasteiger partial charge in [0, 0.05) is 18.1 Å². The average molecular weight is 373 g/mol. The summed E-state index contributed by atoms with van der Waals surface area (Å²) in [6.45, 7) is 0. The van der Waals surface area contributed by atoms with Crippen molar-refractivity contribution in [1.29, 1.82) is 5.26 Å². The highest BCUT2D eigenvalue weighted by Crippen LogP contribution is 2.18. The zero-order valence-electron chi connectivity index (χ0n) is 14.8. The third-order valence-corrected chi connectivity index (χ3v) is 3.76. The third-order valence-electron chi connectivity index (χ3n) is 3.76. The number of hydrogen-bond donors (Lipinski definition) is 2. The minimum atomic E-state index is -0.547. The van der Waals surface area contributed by atoms with Gasteiger partial charge in [-0.25, -0.2) is 14.8 Å². The summed E-state index contributed by atoms with van der Waals surface area (Å²) in [4.78, 5) is 32.4. The number of aromatic nitrogens is 2. The molecular formula is C20H15N5O3. The monoisotopic (exact) mass is 373 g/mol. The van der Waals surface area contributed by atoms with Crippen molar-refractivity contribution in [2.45, 2.75) is 0 Å². The van der Waals surface area contributed by atoms with Crippen LogP contribution < -0.4 is 10.6 Å². The zero-order valence-corrected chi connectivity index (χ0v) is 14.8. The molecule has 0 aliphatic heterocycles. The molecule has 1 aromatic heterocycles. The Morgan fingerprint density at radius 3 is 2.36 bits per heavy atom. The van der Waals surface area contributed by atoms with Crippen LogP contribution in [0.4, 0.5) is 17.3 Å². The number of methoxy groups -OCH3 is 1. The maximum atomic E-state index is 12.4. The minimum Gasteiger partial charge on any atom is -0.465 e. The molecular weight excluding hydrogens is 358 g/mol. The number of rotatable bonds is 5. The van der Waals surface area contributed by atoms with Gasteiger partial charge in [0.2, 0.25) is 5.95 Å². The van der Waals surface area contributed by atoms with E-state index in [0.29, 0.717) is 22.9 Å². The minimum absolute atomic E-state index is 0.227. The lowest BCUT2D eigenvalue weighted by atomic mass is 10.1. The lowest BCUT2D eigenvalue weighted by Gasteiger charge is -2.10. The van der Waals surface area contributed by atoms with Crippen LogP contribution in [0, 0.1) is 11.3 Å². The van der Waals surface area contributed by atoms with Crippen molar-refractivity contribution >= 4 is 29.2 Å². The summed E-state index contributed by atoms with van der Waals surface area (Å²) >= 11 is 0. The Balaban J connectivity index is 1.70. The highest BCUT2D eigenvalue weighted by atomic mass is 16.5. The molecule has 1 heterocycles. The fourth-order valence-electron chi connectivity index (χ4n) is 2.34. The molecule has 3 rings (SSSR count). The Morgan fingerprint density at radius 2 is 1.71 bits per heavy atom. The predicted octanol–water partition coefficient (Wildman–Crippen LogP) is 3.13. The second-order valence-corrected chi connectivity index (χ2v) is 5.60. The van der Waals surface area contributed by atoms with E-state index in [1.54, 1.807) is 48.5 Å². The van der Waals surface area contributed by atoms with Gasteiger partial charge >= 0.3 is 5.97 Å². The van der Waals surface area contributed by atoms with E-state index in [1.807, 2.05) is 6.07 Å². The number of carbonyl (C=O) groups is 2. The Kier molecular flexibility index (Phi) is 5.58. The van der Waals surface area contributed by atoms with Crippen molar-refractivity contribution < 1.29 is 14.3 Å². The number of esters is 1. The SMILES string of the molecule is COC(=O)c1ccccc1NC(=O)c1cnc(Nc2ccc(C#N)cc2)nc1. The van der Waals surface area contributed by atoms with Crippen LogP contribution in [0.15, 0.2) is 60.9 Å². The lowest BCUT2D eigenvalue weighted by molar-refractivity contribution is 0.0602. The van der Waals surface area contributed by atoms with Crippen LogP contribution in [-0.4, -0.2) is 29.0 Å². The van der Waals surface area contributed by atoms with Gasteiger partial charge in [-0.1, -0.05) is 12.1 Å². The fourth-order valence-corrected chi connectivity index (χ4v) is 2.34. The van der Waals surface area contributed by atoms with Crippen LogP contribution in [0.1, 0.15) is 26.3 Å². The number of benzene rings is 2. The summed E-state index contributed by atoms with van der Waals surface area (Å²) in [5, 5.41) is 14.4. The van der Waals surface area contributed by atoms with Gasteiger partial charge < -0.3 is 15.4 Å². The maximum Gasteiger partial charge on any atom is 0.339 e. The maximum absolute atomic E-state index is 12.4. The summed E-state index contributed by atoms with van der Waals surface area (Å²) in [7, 11) is 1.27.